The zero-order chi connectivity index (χ0) is 10.8. The molecule has 0 saturated carbocycles. The maximum Gasteiger partial charge on any atom is 0.129 e. The second-order valence-electron chi connectivity index (χ2n) is 4.16. The lowest BCUT2D eigenvalue weighted by Crippen LogP contribution is -2.16. The van der Waals surface area contributed by atoms with E-state index in [1.165, 1.54) is 12.1 Å². The normalized spacial score (nSPS) is 10.6. The smallest absolute Gasteiger partial charge is 0.129 e. The first-order chi connectivity index (χ1) is 6.37. The van der Waals surface area contributed by atoms with Crippen molar-refractivity contribution in [2.45, 2.75) is 19.6 Å². The highest BCUT2D eigenvalue weighted by Crippen LogP contribution is 2.14. The molecule has 0 heterocycles. The molecule has 14 heavy (non-hydrogen) atoms. The van der Waals surface area contributed by atoms with Crippen LogP contribution in [0.25, 0.3) is 0 Å². The molecule has 1 aromatic carbocycles. The van der Waals surface area contributed by atoms with Gasteiger partial charge in [-0.05, 0) is 18.2 Å². The Hall–Kier alpha value is -0.593. The minimum Gasteiger partial charge on any atom is -0.207 e. The van der Waals surface area contributed by atoms with Crippen LogP contribution in [0.1, 0.15) is 5.56 Å². The lowest BCUT2D eigenvalue weighted by molar-refractivity contribution is 0.626. The van der Waals surface area contributed by atoms with E-state index in [1.54, 1.807) is 0 Å². The zero-order valence-electron chi connectivity index (χ0n) is 8.49. The van der Waals surface area contributed by atoms with Crippen molar-refractivity contribution in [3.05, 3.63) is 34.1 Å². The summed E-state index contributed by atoms with van der Waals surface area (Å²) in [6.45, 7) is 6.48. The average Bonchev–Trinajstić information content (AvgIpc) is 1.97. The molecular formula is C11H12BrFSi. The van der Waals surface area contributed by atoms with Crippen molar-refractivity contribution < 1.29 is 4.39 Å². The Morgan fingerprint density at radius 1 is 1.21 bits per heavy atom. The first kappa shape index (κ1) is 11.5. The van der Waals surface area contributed by atoms with Crippen LogP contribution in [-0.4, -0.2) is 8.07 Å². The predicted octanol–water partition coefficient (Wildman–Crippen LogP) is 3.82. The third-order valence-electron chi connectivity index (χ3n) is 1.44. The third-order valence-corrected chi connectivity index (χ3v) is 2.78. The second kappa shape index (κ2) is 4.29. The number of hydrogen-bond donors (Lipinski definition) is 0. The van der Waals surface area contributed by atoms with Crippen LogP contribution in [0.2, 0.25) is 19.6 Å². The number of rotatable bonds is 0. The molecule has 0 N–H and O–H groups in total. The van der Waals surface area contributed by atoms with Crippen LogP contribution in [0.4, 0.5) is 4.39 Å². The molecule has 0 saturated heterocycles. The van der Waals surface area contributed by atoms with Crippen molar-refractivity contribution in [1.29, 1.82) is 0 Å². The Balaban J connectivity index is 3.02. The van der Waals surface area contributed by atoms with Gasteiger partial charge < -0.3 is 0 Å². The standard InChI is InChI=1S/C11H12BrFSi/c1-14(2,3)5-4-9-6-10(12)8-11(13)7-9/h6-8H,1-3H3. The van der Waals surface area contributed by atoms with Gasteiger partial charge in [0.05, 0.1) is 0 Å². The highest BCUT2D eigenvalue weighted by molar-refractivity contribution is 9.10. The molecule has 0 bridgehead atoms. The van der Waals surface area contributed by atoms with Crippen LogP contribution in [0.5, 0.6) is 0 Å². The van der Waals surface area contributed by atoms with Crippen molar-refractivity contribution in [2.24, 2.45) is 0 Å². The number of benzene rings is 1. The van der Waals surface area contributed by atoms with Crippen molar-refractivity contribution in [2.75, 3.05) is 0 Å². The van der Waals surface area contributed by atoms with Crippen LogP contribution >= 0.6 is 15.9 Å². The quantitative estimate of drug-likeness (QED) is 0.497. The molecule has 0 fully saturated rings. The molecule has 3 heteroatoms. The summed E-state index contributed by atoms with van der Waals surface area (Å²) >= 11 is 3.24. The van der Waals surface area contributed by atoms with Crippen molar-refractivity contribution in [1.82, 2.24) is 0 Å². The Bertz CT molecular complexity index is 376. The van der Waals surface area contributed by atoms with Gasteiger partial charge in [0.1, 0.15) is 13.9 Å². The largest absolute Gasteiger partial charge is 0.207 e. The van der Waals surface area contributed by atoms with Crippen molar-refractivity contribution >= 4 is 24.0 Å². The van der Waals surface area contributed by atoms with Gasteiger partial charge in [-0.3, -0.25) is 0 Å². The fourth-order valence-corrected chi connectivity index (χ4v) is 1.87. The van der Waals surface area contributed by atoms with E-state index < -0.39 is 8.07 Å². The summed E-state index contributed by atoms with van der Waals surface area (Å²) in [5.41, 5.74) is 3.93. The van der Waals surface area contributed by atoms with Crippen molar-refractivity contribution in [3.8, 4) is 11.5 Å². The highest BCUT2D eigenvalue weighted by atomic mass is 79.9. The van der Waals surface area contributed by atoms with Crippen LogP contribution in [-0.2, 0) is 0 Å². The Kier molecular flexibility index (Phi) is 3.52. The summed E-state index contributed by atoms with van der Waals surface area (Å²) < 4.78 is 13.7. The van der Waals surface area contributed by atoms with Crippen LogP contribution < -0.4 is 0 Å². The molecular weight excluding hydrogens is 259 g/mol. The minimum absolute atomic E-state index is 0.251. The molecule has 0 aromatic heterocycles. The summed E-state index contributed by atoms with van der Waals surface area (Å²) in [5.74, 6) is 2.76. The van der Waals surface area contributed by atoms with Gasteiger partial charge in [0, 0.05) is 10.0 Å². The molecule has 0 radical (unpaired) electrons. The second-order valence-corrected chi connectivity index (χ2v) is 9.82. The monoisotopic (exact) mass is 270 g/mol. The fraction of sp³-hybridized carbons (Fsp3) is 0.273. The van der Waals surface area contributed by atoms with E-state index in [-0.39, 0.29) is 5.82 Å². The molecule has 1 aromatic rings. The van der Waals surface area contributed by atoms with E-state index in [0.717, 1.165) is 10.0 Å². The summed E-state index contributed by atoms with van der Waals surface area (Å²) in [4.78, 5) is 0. The maximum absolute atomic E-state index is 13.0. The van der Waals surface area contributed by atoms with Crippen LogP contribution in [0, 0.1) is 17.3 Å². The first-order valence-corrected chi connectivity index (χ1v) is 8.65. The number of hydrogen-bond acceptors (Lipinski definition) is 0. The molecule has 0 aliphatic carbocycles. The molecule has 0 spiro atoms. The van der Waals surface area contributed by atoms with Gasteiger partial charge in [0.15, 0.2) is 0 Å². The lowest BCUT2D eigenvalue weighted by Gasteiger charge is -2.03. The molecule has 74 valence electrons. The van der Waals surface area contributed by atoms with Crippen molar-refractivity contribution in [3.63, 3.8) is 0 Å². The Morgan fingerprint density at radius 2 is 1.86 bits per heavy atom. The number of halogens is 2. The maximum atomic E-state index is 13.0. The van der Waals surface area contributed by atoms with E-state index in [4.69, 9.17) is 0 Å². The average molecular weight is 271 g/mol. The molecule has 0 nitrogen and oxygen atoms in total. The van der Waals surface area contributed by atoms with Gasteiger partial charge in [0.2, 0.25) is 0 Å². The van der Waals surface area contributed by atoms with E-state index >= 15 is 0 Å². The lowest BCUT2D eigenvalue weighted by atomic mass is 10.2. The van der Waals surface area contributed by atoms with E-state index in [9.17, 15) is 4.39 Å². The molecule has 0 atom stereocenters. The summed E-state index contributed by atoms with van der Waals surface area (Å²) in [6.07, 6.45) is 0. The first-order valence-electron chi connectivity index (χ1n) is 4.36. The van der Waals surface area contributed by atoms with E-state index in [0.29, 0.717) is 0 Å². The highest BCUT2D eigenvalue weighted by Gasteiger charge is 2.07. The fourth-order valence-electron chi connectivity index (χ4n) is 0.886. The van der Waals surface area contributed by atoms with Gasteiger partial charge in [-0.2, -0.15) is 0 Å². The van der Waals surface area contributed by atoms with E-state index in [1.807, 2.05) is 6.07 Å². The third kappa shape index (κ3) is 4.08. The van der Waals surface area contributed by atoms with Crippen LogP contribution in [0.3, 0.4) is 0 Å². The molecule has 0 aliphatic heterocycles. The van der Waals surface area contributed by atoms with Gasteiger partial charge in [0.25, 0.3) is 0 Å². The summed E-state index contributed by atoms with van der Waals surface area (Å²) in [5, 5.41) is 0. The summed E-state index contributed by atoms with van der Waals surface area (Å²) in [6, 6.07) is 4.72. The molecule has 0 unspecified atom stereocenters. The van der Waals surface area contributed by atoms with Gasteiger partial charge in [-0.25, -0.2) is 4.39 Å². The SMILES string of the molecule is C[Si](C)(C)C#Cc1cc(F)cc(Br)c1. The van der Waals surface area contributed by atoms with Crippen LogP contribution in [0.15, 0.2) is 22.7 Å². The topological polar surface area (TPSA) is 0 Å². The Morgan fingerprint density at radius 3 is 2.36 bits per heavy atom. The Labute approximate surface area is 93.7 Å². The molecule has 0 amide bonds. The molecule has 1 rings (SSSR count). The predicted molar refractivity (Wildman–Crippen MR) is 64.3 cm³/mol. The molecule has 0 aliphatic rings. The van der Waals surface area contributed by atoms with Gasteiger partial charge in [-0.15, -0.1) is 5.54 Å². The van der Waals surface area contributed by atoms with Gasteiger partial charge >= 0.3 is 0 Å². The zero-order valence-corrected chi connectivity index (χ0v) is 11.1. The summed E-state index contributed by atoms with van der Waals surface area (Å²) in [7, 11) is -1.37. The van der Waals surface area contributed by atoms with Gasteiger partial charge in [-0.1, -0.05) is 41.5 Å². The minimum atomic E-state index is -1.37. The van der Waals surface area contributed by atoms with E-state index in [2.05, 4.69) is 47.0 Å².